The summed E-state index contributed by atoms with van der Waals surface area (Å²) in [4.78, 5) is 6.94. The van der Waals surface area contributed by atoms with Gasteiger partial charge in [0.1, 0.15) is 0 Å². The third kappa shape index (κ3) is 3.45. The average molecular weight is 247 g/mol. The van der Waals surface area contributed by atoms with Crippen LogP contribution in [-0.2, 0) is 6.54 Å². The van der Waals surface area contributed by atoms with E-state index in [9.17, 15) is 0 Å². The van der Waals surface area contributed by atoms with Gasteiger partial charge in [-0.1, -0.05) is 13.8 Å². The highest BCUT2D eigenvalue weighted by Gasteiger charge is 2.20. The van der Waals surface area contributed by atoms with E-state index >= 15 is 0 Å². The molecule has 0 amide bonds. The second-order valence-electron chi connectivity index (χ2n) is 5.71. The predicted molar refractivity (Wildman–Crippen MR) is 76.8 cm³/mol. The maximum atomic E-state index is 4.44. The Balaban J connectivity index is 1.96. The molecule has 1 N–H and O–H groups in total. The van der Waals surface area contributed by atoms with E-state index in [1.807, 2.05) is 6.20 Å². The number of hydrogen-bond acceptors (Lipinski definition) is 3. The van der Waals surface area contributed by atoms with Crippen LogP contribution >= 0.6 is 0 Å². The normalized spacial score (nSPS) is 19.8. The van der Waals surface area contributed by atoms with Crippen LogP contribution in [0.3, 0.4) is 0 Å². The summed E-state index contributed by atoms with van der Waals surface area (Å²) in [5, 5.41) is 3.45. The van der Waals surface area contributed by atoms with E-state index in [4.69, 9.17) is 0 Å². The van der Waals surface area contributed by atoms with E-state index in [0.29, 0.717) is 12.0 Å². The molecule has 100 valence electrons. The minimum atomic E-state index is 0.670. The largest absolute Gasteiger partial charge is 0.369 e. The first-order chi connectivity index (χ1) is 8.66. The van der Waals surface area contributed by atoms with Gasteiger partial charge in [0, 0.05) is 31.0 Å². The van der Waals surface area contributed by atoms with E-state index in [2.05, 4.69) is 48.1 Å². The van der Waals surface area contributed by atoms with Crippen LogP contribution < -0.4 is 10.2 Å². The minimum Gasteiger partial charge on any atom is -0.369 e. The first-order valence-corrected chi connectivity index (χ1v) is 7.09. The molecule has 0 radical (unpaired) electrons. The molecule has 0 aliphatic carbocycles. The molecular weight excluding hydrogens is 222 g/mol. The first-order valence-electron chi connectivity index (χ1n) is 7.09. The maximum Gasteiger partial charge on any atom is 0.0562 e. The first kappa shape index (κ1) is 13.3. The number of hydrogen-bond donors (Lipinski definition) is 1. The van der Waals surface area contributed by atoms with Crippen molar-refractivity contribution in [3.05, 3.63) is 24.0 Å². The van der Waals surface area contributed by atoms with Crippen LogP contribution in [0.2, 0.25) is 0 Å². The number of anilines is 1. The molecule has 3 heteroatoms. The quantitative estimate of drug-likeness (QED) is 0.867. The highest BCUT2D eigenvalue weighted by atomic mass is 15.2. The van der Waals surface area contributed by atoms with Crippen molar-refractivity contribution in [3.8, 4) is 0 Å². The van der Waals surface area contributed by atoms with Gasteiger partial charge >= 0.3 is 0 Å². The third-order valence-electron chi connectivity index (χ3n) is 3.54. The summed E-state index contributed by atoms with van der Waals surface area (Å²) < 4.78 is 0. The fourth-order valence-electron chi connectivity index (χ4n) is 2.55. The molecule has 1 aliphatic rings. The molecule has 0 bridgehead atoms. The number of pyridine rings is 1. The summed E-state index contributed by atoms with van der Waals surface area (Å²) in [6.45, 7) is 9.86. The molecule has 0 aromatic carbocycles. The Morgan fingerprint density at radius 1 is 1.50 bits per heavy atom. The molecule has 2 rings (SSSR count). The van der Waals surface area contributed by atoms with Crippen LogP contribution in [-0.4, -0.2) is 24.1 Å². The Morgan fingerprint density at radius 2 is 2.33 bits per heavy atom. The molecule has 2 heterocycles. The fourth-order valence-corrected chi connectivity index (χ4v) is 2.55. The summed E-state index contributed by atoms with van der Waals surface area (Å²) >= 11 is 0. The van der Waals surface area contributed by atoms with Crippen molar-refractivity contribution in [3.63, 3.8) is 0 Å². The molecule has 3 nitrogen and oxygen atoms in total. The zero-order valence-corrected chi connectivity index (χ0v) is 11.8. The Kier molecular flexibility index (Phi) is 4.59. The average Bonchev–Trinajstić information content (AvgIpc) is 2.75. The van der Waals surface area contributed by atoms with Crippen LogP contribution in [0.4, 0.5) is 5.69 Å². The Morgan fingerprint density at radius 3 is 3.00 bits per heavy atom. The van der Waals surface area contributed by atoms with Gasteiger partial charge in [0.05, 0.1) is 5.69 Å². The van der Waals surface area contributed by atoms with Crippen molar-refractivity contribution in [1.29, 1.82) is 0 Å². The van der Waals surface area contributed by atoms with E-state index in [-0.39, 0.29) is 0 Å². The molecule has 1 aromatic rings. The van der Waals surface area contributed by atoms with Gasteiger partial charge in [-0.05, 0) is 44.4 Å². The van der Waals surface area contributed by atoms with Crippen molar-refractivity contribution >= 4 is 5.69 Å². The molecule has 18 heavy (non-hydrogen) atoms. The van der Waals surface area contributed by atoms with Gasteiger partial charge < -0.3 is 10.2 Å². The van der Waals surface area contributed by atoms with Crippen molar-refractivity contribution in [2.75, 3.05) is 18.0 Å². The monoisotopic (exact) mass is 247 g/mol. The van der Waals surface area contributed by atoms with Gasteiger partial charge in [0.25, 0.3) is 0 Å². The molecule has 1 fully saturated rings. The summed E-state index contributed by atoms with van der Waals surface area (Å²) in [5.41, 5.74) is 2.48. The zero-order chi connectivity index (χ0) is 13.0. The van der Waals surface area contributed by atoms with E-state index in [1.165, 1.54) is 25.1 Å². The van der Waals surface area contributed by atoms with Crippen LogP contribution in [0.25, 0.3) is 0 Å². The Labute approximate surface area is 111 Å². The lowest BCUT2D eigenvalue weighted by molar-refractivity contribution is 0.548. The molecule has 1 atom stereocenters. The van der Waals surface area contributed by atoms with Gasteiger partial charge in [-0.3, -0.25) is 4.98 Å². The molecule has 1 saturated heterocycles. The van der Waals surface area contributed by atoms with E-state index in [0.717, 1.165) is 18.8 Å². The Bertz CT molecular complexity index is 376. The van der Waals surface area contributed by atoms with Gasteiger partial charge in [-0.15, -0.1) is 0 Å². The van der Waals surface area contributed by atoms with Crippen molar-refractivity contribution < 1.29 is 0 Å². The van der Waals surface area contributed by atoms with E-state index in [1.54, 1.807) is 0 Å². The summed E-state index contributed by atoms with van der Waals surface area (Å²) in [6, 6.07) is 5.03. The van der Waals surface area contributed by atoms with Crippen molar-refractivity contribution in [2.24, 2.45) is 5.92 Å². The number of nitrogens with zero attached hydrogens (tertiary/aromatic N) is 2. The van der Waals surface area contributed by atoms with Gasteiger partial charge in [-0.25, -0.2) is 0 Å². The lowest BCUT2D eigenvalue weighted by Crippen LogP contribution is -2.26. The minimum absolute atomic E-state index is 0.670. The second-order valence-corrected chi connectivity index (χ2v) is 5.71. The number of nitrogens with one attached hydrogen (secondary N) is 1. The van der Waals surface area contributed by atoms with Crippen LogP contribution in [0.5, 0.6) is 0 Å². The second kappa shape index (κ2) is 6.19. The SMILES string of the molecule is CC(C)CNCc1cc(N2CCCC2C)ccn1. The summed E-state index contributed by atoms with van der Waals surface area (Å²) in [6.07, 6.45) is 4.56. The highest BCUT2D eigenvalue weighted by Crippen LogP contribution is 2.25. The van der Waals surface area contributed by atoms with Crippen LogP contribution in [0.15, 0.2) is 18.3 Å². The summed E-state index contributed by atoms with van der Waals surface area (Å²) in [7, 11) is 0. The maximum absolute atomic E-state index is 4.44. The van der Waals surface area contributed by atoms with Crippen molar-refractivity contribution in [1.82, 2.24) is 10.3 Å². The number of rotatable bonds is 5. The molecular formula is C15H25N3. The molecule has 0 saturated carbocycles. The summed E-state index contributed by atoms with van der Waals surface area (Å²) in [5.74, 6) is 0.687. The van der Waals surface area contributed by atoms with Crippen molar-refractivity contribution in [2.45, 2.75) is 46.2 Å². The zero-order valence-electron chi connectivity index (χ0n) is 11.8. The van der Waals surface area contributed by atoms with Gasteiger partial charge in [0.2, 0.25) is 0 Å². The topological polar surface area (TPSA) is 28.2 Å². The molecule has 1 aromatic heterocycles. The highest BCUT2D eigenvalue weighted by molar-refractivity contribution is 5.48. The lowest BCUT2D eigenvalue weighted by Gasteiger charge is -2.24. The standard InChI is InChI=1S/C15H25N3/c1-12(2)10-16-11-14-9-15(6-7-17-14)18-8-4-5-13(18)3/h6-7,9,12-13,16H,4-5,8,10-11H2,1-3H3. The predicted octanol–water partition coefficient (Wildman–Crippen LogP) is 2.82. The van der Waals surface area contributed by atoms with Crippen LogP contribution in [0, 0.1) is 5.92 Å². The van der Waals surface area contributed by atoms with E-state index < -0.39 is 0 Å². The smallest absolute Gasteiger partial charge is 0.0562 e. The lowest BCUT2D eigenvalue weighted by atomic mass is 10.2. The van der Waals surface area contributed by atoms with Crippen LogP contribution in [0.1, 0.15) is 39.3 Å². The van der Waals surface area contributed by atoms with Gasteiger partial charge in [0.15, 0.2) is 0 Å². The third-order valence-corrected chi connectivity index (χ3v) is 3.54. The molecule has 0 spiro atoms. The molecule has 1 unspecified atom stereocenters. The van der Waals surface area contributed by atoms with Gasteiger partial charge in [-0.2, -0.15) is 0 Å². The molecule has 1 aliphatic heterocycles. The Hall–Kier alpha value is -1.09. The fraction of sp³-hybridized carbons (Fsp3) is 0.667. The number of aromatic nitrogens is 1.